The van der Waals surface area contributed by atoms with Crippen LogP contribution in [-0.2, 0) is 19.3 Å². The van der Waals surface area contributed by atoms with Crippen LogP contribution in [0.25, 0.3) is 0 Å². The van der Waals surface area contributed by atoms with Crippen LogP contribution in [0.2, 0.25) is 0 Å². The minimum Gasteiger partial charge on any atom is -0.349 e. The van der Waals surface area contributed by atoms with E-state index in [-0.39, 0.29) is 11.9 Å². The van der Waals surface area contributed by atoms with Gasteiger partial charge in [-0.1, -0.05) is 50.2 Å². The number of carbonyl (C=O) groups excluding carboxylic acids is 1. The SMILES string of the molecule is CC(C)C(C)NC(=O)c1ccc(CC2CCc3ccccc3C2)cc1. The van der Waals surface area contributed by atoms with Gasteiger partial charge in [-0.05, 0) is 73.3 Å². The number of amides is 1. The lowest BCUT2D eigenvalue weighted by molar-refractivity contribution is 0.0930. The van der Waals surface area contributed by atoms with Gasteiger partial charge in [0.05, 0.1) is 0 Å². The first-order valence-electron chi connectivity index (χ1n) is 9.49. The average Bonchev–Trinajstić information content (AvgIpc) is 2.62. The number of hydrogen-bond acceptors (Lipinski definition) is 1. The molecule has 2 aromatic rings. The van der Waals surface area contributed by atoms with Gasteiger partial charge in [-0.25, -0.2) is 0 Å². The van der Waals surface area contributed by atoms with Gasteiger partial charge in [0.25, 0.3) is 5.91 Å². The monoisotopic (exact) mass is 335 g/mol. The van der Waals surface area contributed by atoms with E-state index in [2.05, 4.69) is 62.5 Å². The quantitative estimate of drug-likeness (QED) is 0.835. The van der Waals surface area contributed by atoms with Gasteiger partial charge in [0.15, 0.2) is 0 Å². The summed E-state index contributed by atoms with van der Waals surface area (Å²) < 4.78 is 0. The third-order valence-electron chi connectivity index (χ3n) is 5.55. The molecular weight excluding hydrogens is 306 g/mol. The number of nitrogens with one attached hydrogen (secondary N) is 1. The fourth-order valence-electron chi connectivity index (χ4n) is 3.53. The minimum absolute atomic E-state index is 0.0272. The third kappa shape index (κ3) is 4.50. The molecule has 3 rings (SSSR count). The van der Waals surface area contributed by atoms with Crippen molar-refractivity contribution in [3.05, 3.63) is 70.8 Å². The largest absolute Gasteiger partial charge is 0.349 e. The van der Waals surface area contributed by atoms with Gasteiger partial charge in [-0.15, -0.1) is 0 Å². The van der Waals surface area contributed by atoms with E-state index in [4.69, 9.17) is 0 Å². The van der Waals surface area contributed by atoms with Crippen molar-refractivity contribution in [2.24, 2.45) is 11.8 Å². The van der Waals surface area contributed by atoms with E-state index in [1.165, 1.54) is 36.0 Å². The molecule has 0 aliphatic heterocycles. The van der Waals surface area contributed by atoms with Crippen molar-refractivity contribution in [2.45, 2.75) is 52.5 Å². The highest BCUT2D eigenvalue weighted by molar-refractivity contribution is 5.94. The van der Waals surface area contributed by atoms with E-state index in [1.54, 1.807) is 0 Å². The first kappa shape index (κ1) is 17.7. The molecule has 2 heteroatoms. The van der Waals surface area contributed by atoms with Crippen LogP contribution in [0.4, 0.5) is 0 Å². The maximum atomic E-state index is 12.3. The summed E-state index contributed by atoms with van der Waals surface area (Å²) in [4.78, 5) is 12.3. The van der Waals surface area contributed by atoms with Crippen LogP contribution >= 0.6 is 0 Å². The summed E-state index contributed by atoms with van der Waals surface area (Å²) in [5.74, 6) is 1.17. The highest BCUT2D eigenvalue weighted by Gasteiger charge is 2.19. The van der Waals surface area contributed by atoms with Crippen LogP contribution in [0, 0.1) is 11.8 Å². The Bertz CT molecular complexity index is 717. The van der Waals surface area contributed by atoms with Crippen molar-refractivity contribution in [3.63, 3.8) is 0 Å². The molecule has 0 saturated carbocycles. The Balaban J connectivity index is 1.59. The molecule has 0 aromatic heterocycles. The molecule has 2 atom stereocenters. The number of benzene rings is 2. The number of hydrogen-bond donors (Lipinski definition) is 1. The van der Waals surface area contributed by atoms with Gasteiger partial charge in [-0.3, -0.25) is 4.79 Å². The number of rotatable bonds is 5. The van der Waals surface area contributed by atoms with Crippen molar-refractivity contribution < 1.29 is 4.79 Å². The van der Waals surface area contributed by atoms with Crippen molar-refractivity contribution in [1.82, 2.24) is 5.32 Å². The Morgan fingerprint density at radius 2 is 1.72 bits per heavy atom. The third-order valence-corrected chi connectivity index (χ3v) is 5.55. The molecule has 2 nitrogen and oxygen atoms in total. The Hall–Kier alpha value is -2.09. The molecule has 132 valence electrons. The van der Waals surface area contributed by atoms with Crippen molar-refractivity contribution in [2.75, 3.05) is 0 Å². The Morgan fingerprint density at radius 3 is 2.40 bits per heavy atom. The zero-order chi connectivity index (χ0) is 17.8. The molecule has 1 aliphatic rings. The number of fused-ring (bicyclic) bond motifs is 1. The second kappa shape index (κ2) is 7.86. The van der Waals surface area contributed by atoms with E-state index in [9.17, 15) is 4.79 Å². The molecular formula is C23H29NO. The first-order chi connectivity index (χ1) is 12.0. The Labute approximate surface area is 151 Å². The zero-order valence-corrected chi connectivity index (χ0v) is 15.6. The minimum atomic E-state index is 0.0272. The van der Waals surface area contributed by atoms with E-state index < -0.39 is 0 Å². The lowest BCUT2D eigenvalue weighted by Gasteiger charge is -2.24. The van der Waals surface area contributed by atoms with Crippen molar-refractivity contribution in [3.8, 4) is 0 Å². The smallest absolute Gasteiger partial charge is 0.251 e. The molecule has 0 spiro atoms. The predicted octanol–water partition coefficient (Wildman–Crippen LogP) is 4.81. The summed E-state index contributed by atoms with van der Waals surface area (Å²) in [6.45, 7) is 6.30. The van der Waals surface area contributed by atoms with Crippen molar-refractivity contribution >= 4 is 5.91 Å². The van der Waals surface area contributed by atoms with Crippen LogP contribution < -0.4 is 5.32 Å². The Kier molecular flexibility index (Phi) is 5.57. The van der Waals surface area contributed by atoms with E-state index in [0.29, 0.717) is 11.8 Å². The van der Waals surface area contributed by atoms with Crippen LogP contribution in [0.3, 0.4) is 0 Å². The molecule has 1 aliphatic carbocycles. The van der Waals surface area contributed by atoms with Gasteiger partial charge in [0.1, 0.15) is 0 Å². The average molecular weight is 335 g/mol. The summed E-state index contributed by atoms with van der Waals surface area (Å²) in [5, 5.41) is 3.07. The molecule has 0 saturated heterocycles. The van der Waals surface area contributed by atoms with Crippen molar-refractivity contribution in [1.29, 1.82) is 0 Å². The van der Waals surface area contributed by atoms with Gasteiger partial charge in [0.2, 0.25) is 0 Å². The summed E-state index contributed by atoms with van der Waals surface area (Å²) >= 11 is 0. The number of carbonyl (C=O) groups is 1. The van der Waals surface area contributed by atoms with Crippen LogP contribution in [0.5, 0.6) is 0 Å². The molecule has 0 bridgehead atoms. The number of aryl methyl sites for hydroxylation is 1. The van der Waals surface area contributed by atoms with Gasteiger partial charge < -0.3 is 5.32 Å². The van der Waals surface area contributed by atoms with Gasteiger partial charge >= 0.3 is 0 Å². The van der Waals surface area contributed by atoms with Crippen LogP contribution in [-0.4, -0.2) is 11.9 Å². The second-order valence-corrected chi connectivity index (χ2v) is 7.78. The molecule has 2 aromatic carbocycles. The van der Waals surface area contributed by atoms with Gasteiger partial charge in [0, 0.05) is 11.6 Å². The molecule has 1 amide bonds. The predicted molar refractivity (Wildman–Crippen MR) is 104 cm³/mol. The maximum absolute atomic E-state index is 12.3. The lowest BCUT2D eigenvalue weighted by Crippen LogP contribution is -2.36. The van der Waals surface area contributed by atoms with E-state index in [1.807, 2.05) is 12.1 Å². The van der Waals surface area contributed by atoms with E-state index >= 15 is 0 Å². The molecule has 0 heterocycles. The maximum Gasteiger partial charge on any atom is 0.251 e. The Morgan fingerprint density at radius 1 is 1.04 bits per heavy atom. The second-order valence-electron chi connectivity index (χ2n) is 7.78. The summed E-state index contributed by atoms with van der Waals surface area (Å²) in [6.07, 6.45) is 4.71. The summed E-state index contributed by atoms with van der Waals surface area (Å²) in [5.41, 5.74) is 5.12. The fraction of sp³-hybridized carbons (Fsp3) is 0.435. The molecule has 25 heavy (non-hydrogen) atoms. The summed E-state index contributed by atoms with van der Waals surface area (Å²) in [6, 6.07) is 17.2. The molecule has 1 N–H and O–H groups in total. The van der Waals surface area contributed by atoms with Gasteiger partial charge in [-0.2, -0.15) is 0 Å². The topological polar surface area (TPSA) is 29.1 Å². The van der Waals surface area contributed by atoms with E-state index in [0.717, 1.165) is 12.0 Å². The zero-order valence-electron chi connectivity index (χ0n) is 15.6. The van der Waals surface area contributed by atoms with Crippen LogP contribution in [0.15, 0.2) is 48.5 Å². The lowest BCUT2D eigenvalue weighted by atomic mass is 9.81. The first-order valence-corrected chi connectivity index (χ1v) is 9.49. The molecule has 0 radical (unpaired) electrons. The standard InChI is InChI=1S/C23H29NO/c1-16(2)17(3)24-23(25)21-12-8-18(9-13-21)14-19-10-11-20-6-4-5-7-22(20)15-19/h4-9,12-13,16-17,19H,10-11,14-15H2,1-3H3,(H,24,25). The fourth-order valence-corrected chi connectivity index (χ4v) is 3.53. The highest BCUT2D eigenvalue weighted by Crippen LogP contribution is 2.27. The normalized spacial score (nSPS) is 17.8. The summed E-state index contributed by atoms with van der Waals surface area (Å²) in [7, 11) is 0. The molecule has 2 unspecified atom stereocenters. The molecule has 0 fully saturated rings. The van der Waals surface area contributed by atoms with Crippen LogP contribution in [0.1, 0.15) is 54.2 Å². The highest BCUT2D eigenvalue weighted by atomic mass is 16.1.